The molecule has 2 aromatic rings. The van der Waals surface area contributed by atoms with Gasteiger partial charge in [-0.2, -0.15) is 0 Å². The van der Waals surface area contributed by atoms with Crippen molar-refractivity contribution >= 4 is 29.2 Å². The summed E-state index contributed by atoms with van der Waals surface area (Å²) in [5.41, 5.74) is 0.861. The fourth-order valence-electron chi connectivity index (χ4n) is 1.44. The topological polar surface area (TPSA) is 75.7 Å². The highest BCUT2D eigenvalue weighted by molar-refractivity contribution is 6.30. The van der Waals surface area contributed by atoms with E-state index in [9.17, 15) is 15.2 Å². The number of hydrogen-bond acceptors (Lipinski definition) is 4. The summed E-state index contributed by atoms with van der Waals surface area (Å²) < 4.78 is 0. The van der Waals surface area contributed by atoms with Gasteiger partial charge in [0, 0.05) is 17.3 Å². The van der Waals surface area contributed by atoms with Crippen LogP contribution in [0.4, 0.5) is 11.4 Å². The first kappa shape index (κ1) is 13.0. The van der Waals surface area contributed by atoms with Gasteiger partial charge in [0.2, 0.25) is 0 Å². The largest absolute Gasteiger partial charge is 0.502 e. The van der Waals surface area contributed by atoms with Gasteiger partial charge in [0.05, 0.1) is 10.6 Å². The molecule has 0 spiro atoms. The summed E-state index contributed by atoms with van der Waals surface area (Å²) in [6.07, 6.45) is 1.48. The Labute approximate surface area is 113 Å². The van der Waals surface area contributed by atoms with Crippen LogP contribution in [0.5, 0.6) is 5.75 Å². The fraction of sp³-hybridized carbons (Fsp3) is 0. The quantitative estimate of drug-likeness (QED) is 0.527. The lowest BCUT2D eigenvalue weighted by Gasteiger charge is -1.98. The SMILES string of the molecule is O=[N+]([O-])c1cc(C=Nc2ccc(Cl)cc2)ccc1O. The second kappa shape index (κ2) is 5.49. The number of nitro groups is 1. The van der Waals surface area contributed by atoms with E-state index in [1.54, 1.807) is 30.3 Å². The van der Waals surface area contributed by atoms with Crippen LogP contribution < -0.4 is 0 Å². The van der Waals surface area contributed by atoms with Gasteiger partial charge in [-0.25, -0.2) is 0 Å². The van der Waals surface area contributed by atoms with Crippen LogP contribution in [0.15, 0.2) is 47.5 Å². The molecule has 5 nitrogen and oxygen atoms in total. The summed E-state index contributed by atoms with van der Waals surface area (Å²) in [6.45, 7) is 0. The van der Waals surface area contributed by atoms with Gasteiger partial charge in [-0.05, 0) is 42.0 Å². The third-order valence-corrected chi connectivity index (χ3v) is 2.64. The normalized spacial score (nSPS) is 10.8. The first-order valence-electron chi connectivity index (χ1n) is 5.33. The zero-order valence-corrected chi connectivity index (χ0v) is 10.4. The van der Waals surface area contributed by atoms with Gasteiger partial charge in [0.1, 0.15) is 0 Å². The molecule has 2 rings (SSSR count). The minimum Gasteiger partial charge on any atom is -0.502 e. The molecular weight excluding hydrogens is 268 g/mol. The minimum absolute atomic E-state index is 0.347. The summed E-state index contributed by atoms with van der Waals surface area (Å²) in [7, 11) is 0. The van der Waals surface area contributed by atoms with Crippen molar-refractivity contribution in [2.24, 2.45) is 4.99 Å². The van der Waals surface area contributed by atoms with Crippen molar-refractivity contribution in [1.82, 2.24) is 0 Å². The van der Waals surface area contributed by atoms with Gasteiger partial charge in [-0.15, -0.1) is 0 Å². The Morgan fingerprint density at radius 2 is 1.89 bits per heavy atom. The second-order valence-corrected chi connectivity index (χ2v) is 4.18. The summed E-state index contributed by atoms with van der Waals surface area (Å²) in [4.78, 5) is 14.2. The second-order valence-electron chi connectivity index (χ2n) is 3.74. The van der Waals surface area contributed by atoms with E-state index in [2.05, 4.69) is 4.99 Å². The third-order valence-electron chi connectivity index (χ3n) is 2.39. The van der Waals surface area contributed by atoms with Crippen LogP contribution in [0, 0.1) is 10.1 Å². The van der Waals surface area contributed by atoms with E-state index in [-0.39, 0.29) is 11.4 Å². The molecule has 0 atom stereocenters. The minimum atomic E-state index is -0.644. The molecule has 0 heterocycles. The monoisotopic (exact) mass is 276 g/mol. The van der Waals surface area contributed by atoms with E-state index in [1.165, 1.54) is 18.3 Å². The molecule has 1 N–H and O–H groups in total. The average Bonchev–Trinajstić information content (AvgIpc) is 2.39. The van der Waals surface area contributed by atoms with Crippen molar-refractivity contribution in [2.75, 3.05) is 0 Å². The molecule has 0 aromatic heterocycles. The molecule has 0 aliphatic rings. The van der Waals surface area contributed by atoms with Crippen LogP contribution in [0.3, 0.4) is 0 Å². The smallest absolute Gasteiger partial charge is 0.311 e. The number of nitro benzene ring substituents is 1. The molecule has 0 aliphatic carbocycles. The zero-order valence-electron chi connectivity index (χ0n) is 9.65. The molecule has 6 heteroatoms. The summed E-state index contributed by atoms with van der Waals surface area (Å²) >= 11 is 5.75. The van der Waals surface area contributed by atoms with Crippen molar-refractivity contribution in [2.45, 2.75) is 0 Å². The molecule has 0 amide bonds. The lowest BCUT2D eigenvalue weighted by molar-refractivity contribution is -0.385. The van der Waals surface area contributed by atoms with Gasteiger partial charge < -0.3 is 5.11 Å². The Morgan fingerprint density at radius 1 is 1.21 bits per heavy atom. The molecule has 0 saturated carbocycles. The number of aromatic hydroxyl groups is 1. The number of rotatable bonds is 3. The molecule has 0 aliphatic heterocycles. The molecule has 0 fully saturated rings. The van der Waals surface area contributed by atoms with Gasteiger partial charge >= 0.3 is 5.69 Å². The third kappa shape index (κ3) is 3.29. The standard InChI is InChI=1S/C13H9ClN2O3/c14-10-2-4-11(5-3-10)15-8-9-1-6-13(17)12(7-9)16(18)19/h1-8,17H. The van der Waals surface area contributed by atoms with Crippen molar-refractivity contribution in [3.63, 3.8) is 0 Å². The average molecular weight is 277 g/mol. The maximum atomic E-state index is 10.7. The number of hydrogen-bond donors (Lipinski definition) is 1. The zero-order chi connectivity index (χ0) is 13.8. The van der Waals surface area contributed by atoms with Crippen LogP contribution in [0.2, 0.25) is 5.02 Å². The molecule has 2 aromatic carbocycles. The van der Waals surface area contributed by atoms with Gasteiger partial charge in [0.15, 0.2) is 5.75 Å². The van der Waals surface area contributed by atoms with Crippen molar-refractivity contribution in [3.05, 3.63) is 63.2 Å². The van der Waals surface area contributed by atoms with E-state index in [0.29, 0.717) is 16.3 Å². The van der Waals surface area contributed by atoms with E-state index in [0.717, 1.165) is 0 Å². The first-order chi connectivity index (χ1) is 9.06. The lowest BCUT2D eigenvalue weighted by Crippen LogP contribution is -1.90. The van der Waals surface area contributed by atoms with Crippen LogP contribution in [-0.2, 0) is 0 Å². The Bertz CT molecular complexity index is 639. The maximum Gasteiger partial charge on any atom is 0.311 e. The van der Waals surface area contributed by atoms with Crippen LogP contribution in [0.25, 0.3) is 0 Å². The molecule has 0 radical (unpaired) electrons. The van der Waals surface area contributed by atoms with Crippen molar-refractivity contribution < 1.29 is 10.0 Å². The van der Waals surface area contributed by atoms with Gasteiger partial charge in [0.25, 0.3) is 0 Å². The number of phenolic OH excluding ortho intramolecular Hbond substituents is 1. The highest BCUT2D eigenvalue weighted by atomic mass is 35.5. The first-order valence-corrected chi connectivity index (χ1v) is 5.71. The van der Waals surface area contributed by atoms with Crippen molar-refractivity contribution in [1.29, 1.82) is 0 Å². The molecule has 0 unspecified atom stereocenters. The Balaban J connectivity index is 2.26. The Hall–Kier alpha value is -2.40. The van der Waals surface area contributed by atoms with Gasteiger partial charge in [-0.1, -0.05) is 11.6 Å². The molecular formula is C13H9ClN2O3. The van der Waals surface area contributed by atoms with E-state index in [1.807, 2.05) is 0 Å². The van der Waals surface area contributed by atoms with Gasteiger partial charge in [-0.3, -0.25) is 15.1 Å². The van der Waals surface area contributed by atoms with E-state index >= 15 is 0 Å². The number of nitrogens with zero attached hydrogens (tertiary/aromatic N) is 2. The predicted octanol–water partition coefficient (Wildman–Crippen LogP) is 3.70. The number of phenols is 1. The number of aliphatic imine (C=N–C) groups is 1. The maximum absolute atomic E-state index is 10.7. The molecule has 96 valence electrons. The van der Waals surface area contributed by atoms with Crippen LogP contribution in [-0.4, -0.2) is 16.2 Å². The van der Waals surface area contributed by atoms with E-state index < -0.39 is 4.92 Å². The number of benzene rings is 2. The number of halogens is 1. The predicted molar refractivity (Wildman–Crippen MR) is 73.5 cm³/mol. The molecule has 0 bridgehead atoms. The highest BCUT2D eigenvalue weighted by Gasteiger charge is 2.12. The van der Waals surface area contributed by atoms with E-state index in [4.69, 9.17) is 11.6 Å². The van der Waals surface area contributed by atoms with Crippen molar-refractivity contribution in [3.8, 4) is 5.75 Å². The molecule has 0 saturated heterocycles. The molecule has 19 heavy (non-hydrogen) atoms. The van der Waals surface area contributed by atoms with Crippen LogP contribution in [0.1, 0.15) is 5.56 Å². The summed E-state index contributed by atoms with van der Waals surface area (Å²) in [5.74, 6) is -0.367. The summed E-state index contributed by atoms with van der Waals surface area (Å²) in [5, 5.41) is 20.6. The Morgan fingerprint density at radius 3 is 2.53 bits per heavy atom. The highest BCUT2D eigenvalue weighted by Crippen LogP contribution is 2.26. The van der Waals surface area contributed by atoms with Crippen LogP contribution >= 0.6 is 11.6 Å². The summed E-state index contributed by atoms with van der Waals surface area (Å²) in [6, 6.07) is 10.9. The fourth-order valence-corrected chi connectivity index (χ4v) is 1.57. The Kier molecular flexibility index (Phi) is 3.77. The lowest BCUT2D eigenvalue weighted by atomic mass is 10.2.